The molecule has 22 heavy (non-hydrogen) atoms. The molecule has 2 amide bonds. The number of likely N-dealkylation sites (N-methyl/N-ethyl adjacent to an activating group) is 1. The molecular weight excluding hydrogens is 278 g/mol. The minimum Gasteiger partial charge on any atom is -0.335 e. The summed E-state index contributed by atoms with van der Waals surface area (Å²) in [6, 6.07) is 7.38. The van der Waals surface area contributed by atoms with Crippen LogP contribution >= 0.6 is 0 Å². The van der Waals surface area contributed by atoms with E-state index in [2.05, 4.69) is 24.2 Å². The average Bonchev–Trinajstić information content (AvgIpc) is 2.67. The van der Waals surface area contributed by atoms with Gasteiger partial charge in [-0.3, -0.25) is 9.59 Å². The maximum atomic E-state index is 12.8. The molecule has 1 unspecified atom stereocenters. The van der Waals surface area contributed by atoms with Gasteiger partial charge in [-0.2, -0.15) is 0 Å². The fraction of sp³-hybridized carbons (Fsp3) is 0.529. The first-order valence-corrected chi connectivity index (χ1v) is 7.90. The van der Waals surface area contributed by atoms with E-state index in [-0.39, 0.29) is 17.9 Å². The van der Waals surface area contributed by atoms with Gasteiger partial charge >= 0.3 is 0 Å². The SMILES string of the molecule is CCC(=O)Nc1cccc(C(=O)N2CCCN(C)CC2C)c1. The Morgan fingerprint density at radius 3 is 2.82 bits per heavy atom. The molecule has 0 radical (unpaired) electrons. The van der Waals surface area contributed by atoms with Crippen molar-refractivity contribution in [2.75, 3.05) is 32.0 Å². The number of carbonyl (C=O) groups excluding carboxylic acids is 2. The van der Waals surface area contributed by atoms with Crippen LogP contribution in [0.5, 0.6) is 0 Å². The third kappa shape index (κ3) is 4.07. The van der Waals surface area contributed by atoms with E-state index in [1.165, 1.54) is 0 Å². The Morgan fingerprint density at radius 1 is 1.32 bits per heavy atom. The summed E-state index contributed by atoms with van der Waals surface area (Å²) >= 11 is 0. The van der Waals surface area contributed by atoms with E-state index in [0.717, 1.165) is 26.1 Å². The molecule has 1 saturated heterocycles. The van der Waals surface area contributed by atoms with E-state index < -0.39 is 0 Å². The zero-order valence-electron chi connectivity index (χ0n) is 13.6. The van der Waals surface area contributed by atoms with E-state index >= 15 is 0 Å². The molecule has 1 heterocycles. The summed E-state index contributed by atoms with van der Waals surface area (Å²) in [5.74, 6) is -0.00948. The molecule has 1 aromatic rings. The van der Waals surface area contributed by atoms with Crippen LogP contribution in [-0.4, -0.2) is 54.3 Å². The minimum atomic E-state index is -0.0469. The number of benzene rings is 1. The molecule has 1 atom stereocenters. The van der Waals surface area contributed by atoms with Gasteiger partial charge in [0.1, 0.15) is 0 Å². The number of hydrogen-bond acceptors (Lipinski definition) is 3. The van der Waals surface area contributed by atoms with Gasteiger partial charge in [0.25, 0.3) is 5.91 Å². The third-order valence-electron chi connectivity index (χ3n) is 4.02. The normalized spacial score (nSPS) is 19.6. The largest absolute Gasteiger partial charge is 0.335 e. The lowest BCUT2D eigenvalue weighted by Crippen LogP contribution is -2.42. The molecule has 5 nitrogen and oxygen atoms in total. The maximum absolute atomic E-state index is 12.8. The molecule has 0 spiro atoms. The van der Waals surface area contributed by atoms with Gasteiger partial charge in [-0.05, 0) is 45.1 Å². The summed E-state index contributed by atoms with van der Waals surface area (Å²) in [4.78, 5) is 28.5. The smallest absolute Gasteiger partial charge is 0.254 e. The zero-order valence-corrected chi connectivity index (χ0v) is 13.6. The highest BCUT2D eigenvalue weighted by atomic mass is 16.2. The molecule has 1 aromatic carbocycles. The fourth-order valence-corrected chi connectivity index (χ4v) is 2.82. The van der Waals surface area contributed by atoms with Gasteiger partial charge < -0.3 is 15.1 Å². The van der Waals surface area contributed by atoms with Crippen LogP contribution in [0.1, 0.15) is 37.0 Å². The van der Waals surface area contributed by atoms with E-state index in [0.29, 0.717) is 17.7 Å². The number of carbonyl (C=O) groups is 2. The Balaban J connectivity index is 2.14. The van der Waals surface area contributed by atoms with Crippen molar-refractivity contribution in [3.8, 4) is 0 Å². The number of nitrogens with one attached hydrogen (secondary N) is 1. The van der Waals surface area contributed by atoms with E-state index in [4.69, 9.17) is 0 Å². The molecule has 1 aliphatic heterocycles. The van der Waals surface area contributed by atoms with Crippen molar-refractivity contribution in [3.63, 3.8) is 0 Å². The highest BCUT2D eigenvalue weighted by molar-refractivity contribution is 5.97. The van der Waals surface area contributed by atoms with Crippen molar-refractivity contribution in [3.05, 3.63) is 29.8 Å². The van der Waals surface area contributed by atoms with Crippen molar-refractivity contribution < 1.29 is 9.59 Å². The molecule has 2 rings (SSSR count). The van der Waals surface area contributed by atoms with E-state index in [1.54, 1.807) is 13.0 Å². The average molecular weight is 303 g/mol. The first kappa shape index (κ1) is 16.5. The second-order valence-electron chi connectivity index (χ2n) is 5.95. The van der Waals surface area contributed by atoms with Crippen molar-refractivity contribution in [2.24, 2.45) is 0 Å². The first-order valence-electron chi connectivity index (χ1n) is 7.90. The van der Waals surface area contributed by atoms with Gasteiger partial charge in [0, 0.05) is 36.8 Å². The molecule has 0 aromatic heterocycles. The van der Waals surface area contributed by atoms with Crippen LogP contribution in [0.15, 0.2) is 24.3 Å². The Kier molecular flexibility index (Phi) is 5.55. The predicted octanol–water partition coefficient (Wildman–Crippen LogP) is 2.20. The molecule has 0 aliphatic carbocycles. The topological polar surface area (TPSA) is 52.7 Å². The summed E-state index contributed by atoms with van der Waals surface area (Å²) < 4.78 is 0. The summed E-state index contributed by atoms with van der Waals surface area (Å²) in [6.07, 6.45) is 1.41. The molecule has 1 aliphatic rings. The van der Waals surface area contributed by atoms with Gasteiger partial charge in [-0.25, -0.2) is 0 Å². The van der Waals surface area contributed by atoms with Crippen LogP contribution in [0.4, 0.5) is 5.69 Å². The van der Waals surface area contributed by atoms with Gasteiger partial charge in [-0.1, -0.05) is 13.0 Å². The molecule has 0 bridgehead atoms. The second kappa shape index (κ2) is 7.40. The first-order chi connectivity index (χ1) is 10.5. The lowest BCUT2D eigenvalue weighted by molar-refractivity contribution is -0.115. The summed E-state index contributed by atoms with van der Waals surface area (Å²) in [5.41, 5.74) is 1.31. The number of rotatable bonds is 3. The van der Waals surface area contributed by atoms with Gasteiger partial charge in [0.15, 0.2) is 0 Å². The van der Waals surface area contributed by atoms with Crippen molar-refractivity contribution in [1.29, 1.82) is 0 Å². The molecule has 1 fully saturated rings. The van der Waals surface area contributed by atoms with Crippen molar-refractivity contribution in [1.82, 2.24) is 9.80 Å². The van der Waals surface area contributed by atoms with Gasteiger partial charge in [-0.15, -0.1) is 0 Å². The maximum Gasteiger partial charge on any atom is 0.254 e. The third-order valence-corrected chi connectivity index (χ3v) is 4.02. The number of nitrogens with zero attached hydrogens (tertiary/aromatic N) is 2. The van der Waals surface area contributed by atoms with Crippen LogP contribution in [0, 0.1) is 0 Å². The standard InChI is InChI=1S/C17H25N3O2/c1-4-16(21)18-15-8-5-7-14(11-15)17(22)20-10-6-9-19(3)12-13(20)2/h5,7-8,11,13H,4,6,9-10,12H2,1-3H3,(H,18,21). The quantitative estimate of drug-likeness (QED) is 0.931. The van der Waals surface area contributed by atoms with E-state index in [9.17, 15) is 9.59 Å². The van der Waals surface area contributed by atoms with E-state index in [1.807, 2.05) is 23.1 Å². The fourth-order valence-electron chi connectivity index (χ4n) is 2.82. The molecule has 0 saturated carbocycles. The highest BCUT2D eigenvalue weighted by Gasteiger charge is 2.25. The molecule has 1 N–H and O–H groups in total. The molecular formula is C17H25N3O2. The lowest BCUT2D eigenvalue weighted by atomic mass is 10.1. The summed E-state index contributed by atoms with van der Waals surface area (Å²) in [5, 5.41) is 2.80. The summed E-state index contributed by atoms with van der Waals surface area (Å²) in [6.45, 7) is 6.57. The van der Waals surface area contributed by atoms with Crippen LogP contribution < -0.4 is 5.32 Å². The Hall–Kier alpha value is -1.88. The molecule has 120 valence electrons. The number of anilines is 1. The Labute approximate surface area is 132 Å². The lowest BCUT2D eigenvalue weighted by Gasteiger charge is -2.28. The highest BCUT2D eigenvalue weighted by Crippen LogP contribution is 2.17. The second-order valence-corrected chi connectivity index (χ2v) is 5.95. The van der Waals surface area contributed by atoms with Crippen LogP contribution in [0.3, 0.4) is 0 Å². The monoisotopic (exact) mass is 303 g/mol. The van der Waals surface area contributed by atoms with Crippen LogP contribution in [0.2, 0.25) is 0 Å². The number of hydrogen-bond donors (Lipinski definition) is 1. The van der Waals surface area contributed by atoms with Gasteiger partial charge in [0.2, 0.25) is 5.91 Å². The molecule has 5 heteroatoms. The zero-order chi connectivity index (χ0) is 16.1. The summed E-state index contributed by atoms with van der Waals surface area (Å²) in [7, 11) is 2.09. The van der Waals surface area contributed by atoms with Crippen LogP contribution in [0.25, 0.3) is 0 Å². The Morgan fingerprint density at radius 2 is 2.09 bits per heavy atom. The minimum absolute atomic E-state index is 0.0374. The Bertz CT molecular complexity index is 544. The predicted molar refractivity (Wildman–Crippen MR) is 88.0 cm³/mol. The van der Waals surface area contributed by atoms with Gasteiger partial charge in [0.05, 0.1) is 0 Å². The van der Waals surface area contributed by atoms with Crippen molar-refractivity contribution in [2.45, 2.75) is 32.7 Å². The number of amides is 2. The van der Waals surface area contributed by atoms with Crippen molar-refractivity contribution >= 4 is 17.5 Å². The van der Waals surface area contributed by atoms with Crippen LogP contribution in [-0.2, 0) is 4.79 Å².